The molecule has 0 amide bonds. The van der Waals surface area contributed by atoms with Crippen molar-refractivity contribution in [2.75, 3.05) is 6.54 Å². The number of aryl methyl sites for hydroxylation is 1. The first-order chi connectivity index (χ1) is 7.13. The zero-order chi connectivity index (χ0) is 11.3. The van der Waals surface area contributed by atoms with Crippen molar-refractivity contribution in [2.24, 2.45) is 17.6 Å². The van der Waals surface area contributed by atoms with E-state index in [1.54, 1.807) is 0 Å². The van der Waals surface area contributed by atoms with E-state index in [0.29, 0.717) is 5.92 Å². The maximum atomic E-state index is 5.82. The van der Waals surface area contributed by atoms with Gasteiger partial charge in [-0.3, -0.25) is 0 Å². The molecule has 0 bridgehead atoms. The normalized spacial score (nSPS) is 13.1. The molecule has 0 saturated carbocycles. The van der Waals surface area contributed by atoms with E-state index in [1.807, 2.05) is 0 Å². The number of nitrogens with two attached hydrogens (primary N) is 1. The molecule has 0 aliphatic carbocycles. The highest BCUT2D eigenvalue weighted by Gasteiger charge is 2.10. The van der Waals surface area contributed by atoms with Gasteiger partial charge in [-0.2, -0.15) is 0 Å². The summed E-state index contributed by atoms with van der Waals surface area (Å²) in [5.41, 5.74) is 8.66. The maximum Gasteiger partial charge on any atom is -0.00456 e. The van der Waals surface area contributed by atoms with Crippen molar-refractivity contribution >= 4 is 0 Å². The predicted molar refractivity (Wildman–Crippen MR) is 66.9 cm³/mol. The van der Waals surface area contributed by atoms with Gasteiger partial charge in [0.2, 0.25) is 0 Å². The maximum absolute atomic E-state index is 5.82. The summed E-state index contributed by atoms with van der Waals surface area (Å²) in [5.74, 6) is 1.37. The van der Waals surface area contributed by atoms with Gasteiger partial charge in [-0.1, -0.05) is 38.1 Å². The molecule has 1 unspecified atom stereocenters. The van der Waals surface area contributed by atoms with Crippen LogP contribution < -0.4 is 5.73 Å². The summed E-state index contributed by atoms with van der Waals surface area (Å²) in [6, 6.07) is 8.61. The molecule has 0 heterocycles. The lowest BCUT2D eigenvalue weighted by Gasteiger charge is -2.18. The fourth-order valence-corrected chi connectivity index (χ4v) is 2.08. The van der Waals surface area contributed by atoms with Gasteiger partial charge in [0.1, 0.15) is 0 Å². The molecule has 84 valence electrons. The summed E-state index contributed by atoms with van der Waals surface area (Å²) in [7, 11) is 0. The monoisotopic (exact) mass is 205 g/mol. The predicted octanol–water partition coefficient (Wildman–Crippen LogP) is 3.16. The average Bonchev–Trinajstić information content (AvgIpc) is 2.19. The Balaban J connectivity index is 2.62. The van der Waals surface area contributed by atoms with Crippen LogP contribution in [0.3, 0.4) is 0 Å². The van der Waals surface area contributed by atoms with Crippen molar-refractivity contribution in [3.05, 3.63) is 35.4 Å². The van der Waals surface area contributed by atoms with E-state index in [-0.39, 0.29) is 0 Å². The highest BCUT2D eigenvalue weighted by Crippen LogP contribution is 2.18. The van der Waals surface area contributed by atoms with Gasteiger partial charge in [0.15, 0.2) is 0 Å². The molecule has 0 aliphatic rings. The number of benzene rings is 1. The Bertz CT molecular complexity index is 291. The summed E-state index contributed by atoms with van der Waals surface area (Å²) >= 11 is 0. The summed E-state index contributed by atoms with van der Waals surface area (Å²) in [6.45, 7) is 7.51. The van der Waals surface area contributed by atoms with E-state index in [4.69, 9.17) is 5.73 Å². The largest absolute Gasteiger partial charge is 0.330 e. The van der Waals surface area contributed by atoms with E-state index < -0.39 is 0 Å². The van der Waals surface area contributed by atoms with Gasteiger partial charge in [-0.25, -0.2) is 0 Å². The van der Waals surface area contributed by atoms with Gasteiger partial charge in [0.05, 0.1) is 0 Å². The Morgan fingerprint density at radius 3 is 2.40 bits per heavy atom. The Morgan fingerprint density at radius 2 is 1.87 bits per heavy atom. The SMILES string of the molecule is Cc1ccccc1CC(CN)CC(C)C. The third-order valence-corrected chi connectivity index (χ3v) is 2.91. The highest BCUT2D eigenvalue weighted by atomic mass is 14.5. The van der Waals surface area contributed by atoms with E-state index >= 15 is 0 Å². The van der Waals surface area contributed by atoms with Crippen LogP contribution in [0.15, 0.2) is 24.3 Å². The first-order valence-corrected chi connectivity index (χ1v) is 5.88. The summed E-state index contributed by atoms with van der Waals surface area (Å²) in [4.78, 5) is 0. The molecule has 0 aliphatic heterocycles. The van der Waals surface area contributed by atoms with Gasteiger partial charge in [-0.05, 0) is 49.3 Å². The second kappa shape index (κ2) is 5.92. The van der Waals surface area contributed by atoms with Crippen molar-refractivity contribution in [1.29, 1.82) is 0 Å². The molecule has 1 nitrogen and oxygen atoms in total. The second-order valence-electron chi connectivity index (χ2n) is 4.86. The minimum atomic E-state index is 0.631. The molecule has 1 heteroatoms. The quantitative estimate of drug-likeness (QED) is 0.785. The molecule has 1 aromatic rings. The topological polar surface area (TPSA) is 26.0 Å². The Morgan fingerprint density at radius 1 is 1.20 bits per heavy atom. The molecule has 0 radical (unpaired) electrons. The average molecular weight is 205 g/mol. The molecular weight excluding hydrogens is 182 g/mol. The fourth-order valence-electron chi connectivity index (χ4n) is 2.08. The van der Waals surface area contributed by atoms with Crippen LogP contribution in [-0.4, -0.2) is 6.54 Å². The van der Waals surface area contributed by atoms with Crippen LogP contribution in [0.1, 0.15) is 31.4 Å². The van der Waals surface area contributed by atoms with Crippen molar-refractivity contribution in [3.63, 3.8) is 0 Å². The van der Waals surface area contributed by atoms with Gasteiger partial charge in [-0.15, -0.1) is 0 Å². The van der Waals surface area contributed by atoms with Crippen LogP contribution in [0.2, 0.25) is 0 Å². The second-order valence-corrected chi connectivity index (χ2v) is 4.86. The van der Waals surface area contributed by atoms with Crippen LogP contribution >= 0.6 is 0 Å². The molecule has 0 saturated heterocycles. The van der Waals surface area contributed by atoms with Gasteiger partial charge < -0.3 is 5.73 Å². The Kier molecular flexibility index (Phi) is 4.83. The third kappa shape index (κ3) is 4.05. The van der Waals surface area contributed by atoms with Gasteiger partial charge >= 0.3 is 0 Å². The number of hydrogen-bond acceptors (Lipinski definition) is 1. The van der Waals surface area contributed by atoms with E-state index in [0.717, 1.165) is 18.9 Å². The molecule has 2 N–H and O–H groups in total. The molecular formula is C14H23N. The summed E-state index contributed by atoms with van der Waals surface area (Å²) < 4.78 is 0. The lowest BCUT2D eigenvalue weighted by Crippen LogP contribution is -2.19. The standard InChI is InChI=1S/C14H23N/c1-11(2)8-13(10-15)9-14-7-5-4-6-12(14)3/h4-7,11,13H,8-10,15H2,1-3H3. The van der Waals surface area contributed by atoms with E-state index in [9.17, 15) is 0 Å². The molecule has 15 heavy (non-hydrogen) atoms. The van der Waals surface area contributed by atoms with Crippen molar-refractivity contribution < 1.29 is 0 Å². The number of hydrogen-bond donors (Lipinski definition) is 1. The minimum absolute atomic E-state index is 0.631. The lowest BCUT2D eigenvalue weighted by molar-refractivity contribution is 0.414. The first kappa shape index (κ1) is 12.3. The van der Waals surface area contributed by atoms with Crippen LogP contribution in [-0.2, 0) is 6.42 Å². The number of rotatable bonds is 5. The van der Waals surface area contributed by atoms with Crippen LogP contribution in [0.4, 0.5) is 0 Å². The lowest BCUT2D eigenvalue weighted by atomic mass is 9.89. The van der Waals surface area contributed by atoms with Gasteiger partial charge in [0, 0.05) is 0 Å². The molecule has 1 atom stereocenters. The Hall–Kier alpha value is -0.820. The van der Waals surface area contributed by atoms with Gasteiger partial charge in [0.25, 0.3) is 0 Å². The summed E-state index contributed by atoms with van der Waals surface area (Å²) in [6.07, 6.45) is 2.35. The molecule has 0 fully saturated rings. The zero-order valence-corrected chi connectivity index (χ0v) is 10.2. The van der Waals surface area contributed by atoms with Crippen molar-refractivity contribution in [3.8, 4) is 0 Å². The first-order valence-electron chi connectivity index (χ1n) is 5.88. The fraction of sp³-hybridized carbons (Fsp3) is 0.571. The third-order valence-electron chi connectivity index (χ3n) is 2.91. The Labute approximate surface area is 93.7 Å². The van der Waals surface area contributed by atoms with Crippen LogP contribution in [0.5, 0.6) is 0 Å². The molecule has 0 aromatic heterocycles. The smallest absolute Gasteiger partial charge is 0.00456 e. The van der Waals surface area contributed by atoms with E-state index in [2.05, 4.69) is 45.0 Å². The van der Waals surface area contributed by atoms with Crippen LogP contribution in [0, 0.1) is 18.8 Å². The molecule has 0 spiro atoms. The minimum Gasteiger partial charge on any atom is -0.330 e. The van der Waals surface area contributed by atoms with Crippen molar-refractivity contribution in [1.82, 2.24) is 0 Å². The van der Waals surface area contributed by atoms with Crippen LogP contribution in [0.25, 0.3) is 0 Å². The molecule has 1 rings (SSSR count). The molecule has 1 aromatic carbocycles. The zero-order valence-electron chi connectivity index (χ0n) is 10.2. The van der Waals surface area contributed by atoms with Crippen molar-refractivity contribution in [2.45, 2.75) is 33.6 Å². The van der Waals surface area contributed by atoms with E-state index in [1.165, 1.54) is 17.5 Å². The summed E-state index contributed by atoms with van der Waals surface area (Å²) in [5, 5.41) is 0. The highest BCUT2D eigenvalue weighted by molar-refractivity contribution is 5.25.